The predicted molar refractivity (Wildman–Crippen MR) is 108 cm³/mol. The number of ketones is 2. The molecule has 0 radical (unpaired) electrons. The maximum Gasteiger partial charge on any atom is 0.303 e. The van der Waals surface area contributed by atoms with Crippen molar-refractivity contribution in [3.8, 4) is 0 Å². The molecule has 0 aromatic rings. The standard InChI is InChI=1S/C24H31FO5/c1-12-7-16-15-9-18(25)17-8-14(27)5-6-23(17,3)22(15)19(28)10-24(16,4)21(12)20(29)11-30-13(2)26/h5-6,8,12,15-16,18-19,21-22,28H,7,9-11H2,1-4H3/t12-,15?,16+,18+,19?,21?,22?,23?,24?/m1/s1. The molecule has 30 heavy (non-hydrogen) atoms. The molecule has 164 valence electrons. The summed E-state index contributed by atoms with van der Waals surface area (Å²) in [5.74, 6) is -1.24. The van der Waals surface area contributed by atoms with E-state index in [0.717, 1.165) is 6.42 Å². The SMILES string of the molecule is CC(=O)OCC(=O)C1[C@H](C)C[C@H]2C3C[C@H](F)C4=CC(=O)C=CC4(C)C3C(O)CC12C. The first-order chi connectivity index (χ1) is 14.0. The predicted octanol–water partition coefficient (Wildman–Crippen LogP) is 3.21. The highest BCUT2D eigenvalue weighted by Crippen LogP contribution is 2.67. The molecular weight excluding hydrogens is 387 g/mol. The number of carbonyl (C=O) groups excluding carboxylic acids is 3. The van der Waals surface area contributed by atoms with E-state index in [1.165, 1.54) is 19.1 Å². The van der Waals surface area contributed by atoms with Crippen LogP contribution in [0.5, 0.6) is 0 Å². The summed E-state index contributed by atoms with van der Waals surface area (Å²) in [4.78, 5) is 36.1. The number of hydrogen-bond donors (Lipinski definition) is 1. The number of carbonyl (C=O) groups is 3. The van der Waals surface area contributed by atoms with Crippen molar-refractivity contribution >= 4 is 17.5 Å². The zero-order valence-electron chi connectivity index (χ0n) is 18.1. The first-order valence-electron chi connectivity index (χ1n) is 10.9. The van der Waals surface area contributed by atoms with Crippen molar-refractivity contribution in [2.45, 2.75) is 59.2 Å². The summed E-state index contributed by atoms with van der Waals surface area (Å²) in [6.45, 7) is 7.03. The van der Waals surface area contributed by atoms with Crippen LogP contribution in [-0.2, 0) is 19.1 Å². The summed E-state index contributed by atoms with van der Waals surface area (Å²) in [6, 6.07) is 0. The Hall–Kier alpha value is -1.82. The molecule has 0 saturated heterocycles. The van der Waals surface area contributed by atoms with Gasteiger partial charge in [-0.25, -0.2) is 4.39 Å². The normalized spacial score (nSPS) is 47.1. The first kappa shape index (κ1) is 21.4. The highest BCUT2D eigenvalue weighted by Gasteiger charge is 2.65. The number of allylic oxidation sites excluding steroid dienone is 4. The largest absolute Gasteiger partial charge is 0.458 e. The zero-order valence-corrected chi connectivity index (χ0v) is 18.1. The van der Waals surface area contributed by atoms with E-state index in [0.29, 0.717) is 12.0 Å². The molecule has 0 aliphatic heterocycles. The average Bonchev–Trinajstić information content (AvgIpc) is 2.91. The summed E-state index contributed by atoms with van der Waals surface area (Å²) in [5, 5.41) is 11.3. The molecular formula is C24H31FO5. The molecule has 6 heteroatoms. The molecule has 0 heterocycles. The quantitative estimate of drug-likeness (QED) is 0.712. The van der Waals surface area contributed by atoms with Gasteiger partial charge in [-0.15, -0.1) is 0 Å². The van der Waals surface area contributed by atoms with Crippen LogP contribution in [0.15, 0.2) is 23.8 Å². The Labute approximate surface area is 176 Å². The van der Waals surface area contributed by atoms with Gasteiger partial charge in [-0.05, 0) is 60.2 Å². The van der Waals surface area contributed by atoms with E-state index in [1.54, 1.807) is 6.08 Å². The molecule has 5 nitrogen and oxygen atoms in total. The van der Waals surface area contributed by atoms with Crippen LogP contribution in [0, 0.1) is 40.4 Å². The summed E-state index contributed by atoms with van der Waals surface area (Å²) in [7, 11) is 0. The van der Waals surface area contributed by atoms with Gasteiger partial charge in [-0.3, -0.25) is 14.4 Å². The average molecular weight is 419 g/mol. The van der Waals surface area contributed by atoms with Gasteiger partial charge in [-0.1, -0.05) is 26.8 Å². The number of alkyl halides is 1. The summed E-state index contributed by atoms with van der Waals surface area (Å²) in [5.41, 5.74) is -0.685. The van der Waals surface area contributed by atoms with Crippen LogP contribution in [0.1, 0.15) is 47.0 Å². The van der Waals surface area contributed by atoms with Crippen molar-refractivity contribution in [1.29, 1.82) is 0 Å². The lowest BCUT2D eigenvalue weighted by Gasteiger charge is -2.59. The van der Waals surface area contributed by atoms with E-state index in [4.69, 9.17) is 4.74 Å². The van der Waals surface area contributed by atoms with Gasteiger partial charge in [0.15, 0.2) is 11.6 Å². The van der Waals surface area contributed by atoms with E-state index >= 15 is 4.39 Å². The molecule has 0 bridgehead atoms. The second-order valence-electron chi connectivity index (χ2n) is 10.3. The molecule has 3 saturated carbocycles. The van der Waals surface area contributed by atoms with Gasteiger partial charge in [-0.2, -0.15) is 0 Å². The van der Waals surface area contributed by atoms with Gasteiger partial charge in [0.1, 0.15) is 12.8 Å². The topological polar surface area (TPSA) is 80.7 Å². The molecule has 0 spiro atoms. The number of Topliss-reactive ketones (excluding diaryl/α,β-unsaturated/α-hetero) is 1. The van der Waals surface area contributed by atoms with E-state index in [1.807, 2.05) is 20.8 Å². The number of esters is 1. The van der Waals surface area contributed by atoms with Gasteiger partial charge < -0.3 is 9.84 Å². The third kappa shape index (κ3) is 3.02. The molecule has 1 N–H and O–H groups in total. The first-order valence-corrected chi connectivity index (χ1v) is 10.9. The fraction of sp³-hybridized carbons (Fsp3) is 0.708. The number of hydrogen-bond acceptors (Lipinski definition) is 5. The Kier molecular flexibility index (Phi) is 5.08. The Bertz CT molecular complexity index is 847. The second-order valence-corrected chi connectivity index (χ2v) is 10.3. The van der Waals surface area contributed by atoms with Gasteiger partial charge in [0.25, 0.3) is 0 Å². The summed E-state index contributed by atoms with van der Waals surface area (Å²) >= 11 is 0. The monoisotopic (exact) mass is 418 g/mol. The fourth-order valence-electron chi connectivity index (χ4n) is 7.65. The van der Waals surface area contributed by atoms with Crippen molar-refractivity contribution < 1.29 is 28.6 Å². The van der Waals surface area contributed by atoms with E-state index in [-0.39, 0.29) is 54.2 Å². The Morgan fingerprint density at radius 3 is 2.67 bits per heavy atom. The van der Waals surface area contributed by atoms with Gasteiger partial charge >= 0.3 is 5.97 Å². The number of rotatable bonds is 3. The Morgan fingerprint density at radius 1 is 1.30 bits per heavy atom. The van der Waals surface area contributed by atoms with Crippen LogP contribution in [0.4, 0.5) is 4.39 Å². The molecule has 4 aliphatic rings. The number of aliphatic hydroxyl groups excluding tert-OH is 1. The van der Waals surface area contributed by atoms with Crippen molar-refractivity contribution in [2.24, 2.45) is 40.4 Å². The Balaban J connectivity index is 1.69. The smallest absolute Gasteiger partial charge is 0.303 e. The number of aliphatic hydroxyl groups is 1. The zero-order chi connectivity index (χ0) is 22.0. The summed E-state index contributed by atoms with van der Waals surface area (Å²) in [6.07, 6.45) is 4.23. The van der Waals surface area contributed by atoms with Crippen LogP contribution in [0.25, 0.3) is 0 Å². The second kappa shape index (κ2) is 7.11. The molecule has 0 aromatic carbocycles. The maximum absolute atomic E-state index is 15.3. The van der Waals surface area contributed by atoms with E-state index in [2.05, 4.69) is 0 Å². The highest BCUT2D eigenvalue weighted by atomic mass is 19.1. The Morgan fingerprint density at radius 2 is 2.00 bits per heavy atom. The number of ether oxygens (including phenoxy) is 1. The van der Waals surface area contributed by atoms with E-state index in [9.17, 15) is 19.5 Å². The van der Waals surface area contributed by atoms with Crippen molar-refractivity contribution in [3.05, 3.63) is 23.8 Å². The highest BCUT2D eigenvalue weighted by molar-refractivity contribution is 6.01. The molecule has 0 aromatic heterocycles. The maximum atomic E-state index is 15.3. The van der Waals surface area contributed by atoms with Crippen molar-refractivity contribution in [2.75, 3.05) is 6.61 Å². The van der Waals surface area contributed by atoms with Crippen LogP contribution in [-0.4, -0.2) is 41.5 Å². The van der Waals surface area contributed by atoms with Gasteiger partial charge in [0.05, 0.1) is 6.10 Å². The third-order valence-corrected chi connectivity index (χ3v) is 8.58. The van der Waals surface area contributed by atoms with Crippen LogP contribution < -0.4 is 0 Å². The van der Waals surface area contributed by atoms with Gasteiger partial charge in [0.2, 0.25) is 0 Å². The minimum absolute atomic E-state index is 0.0697. The van der Waals surface area contributed by atoms with Crippen LogP contribution in [0.2, 0.25) is 0 Å². The molecule has 4 rings (SSSR count). The fourth-order valence-corrected chi connectivity index (χ4v) is 7.65. The minimum Gasteiger partial charge on any atom is -0.458 e. The molecule has 4 aliphatic carbocycles. The lowest BCUT2D eigenvalue weighted by atomic mass is 9.46. The van der Waals surface area contributed by atoms with Crippen molar-refractivity contribution in [3.63, 3.8) is 0 Å². The van der Waals surface area contributed by atoms with Crippen LogP contribution in [0.3, 0.4) is 0 Å². The van der Waals surface area contributed by atoms with E-state index < -0.39 is 29.1 Å². The number of halogens is 1. The van der Waals surface area contributed by atoms with Crippen LogP contribution >= 0.6 is 0 Å². The lowest BCUT2D eigenvalue weighted by Crippen LogP contribution is -2.58. The lowest BCUT2D eigenvalue weighted by molar-refractivity contribution is -0.153. The van der Waals surface area contributed by atoms with Crippen molar-refractivity contribution in [1.82, 2.24) is 0 Å². The molecule has 0 amide bonds. The third-order valence-electron chi connectivity index (χ3n) is 8.58. The summed E-state index contributed by atoms with van der Waals surface area (Å²) < 4.78 is 20.3. The number of fused-ring (bicyclic) bond motifs is 5. The minimum atomic E-state index is -1.23. The molecule has 9 atom stereocenters. The molecule has 3 fully saturated rings. The van der Waals surface area contributed by atoms with Gasteiger partial charge in [0, 0.05) is 24.2 Å². The molecule has 6 unspecified atom stereocenters.